The summed E-state index contributed by atoms with van der Waals surface area (Å²) in [5.74, 6) is 0.304. The van der Waals surface area contributed by atoms with Crippen LogP contribution in [0.25, 0.3) is 0 Å². The van der Waals surface area contributed by atoms with Crippen molar-refractivity contribution in [1.82, 2.24) is 9.80 Å². The maximum absolute atomic E-state index is 12.5. The Morgan fingerprint density at radius 3 is 2.63 bits per heavy atom. The predicted octanol–water partition coefficient (Wildman–Crippen LogP) is 1.34. The number of carbonyl (C=O) groups is 1. The van der Waals surface area contributed by atoms with E-state index in [0.29, 0.717) is 18.4 Å². The zero-order chi connectivity index (χ0) is 13.3. The van der Waals surface area contributed by atoms with Crippen molar-refractivity contribution in [3.8, 4) is 0 Å². The van der Waals surface area contributed by atoms with E-state index in [9.17, 15) is 4.79 Å². The van der Waals surface area contributed by atoms with Gasteiger partial charge >= 0.3 is 0 Å². The van der Waals surface area contributed by atoms with Gasteiger partial charge in [-0.25, -0.2) is 0 Å². The molecular formula is C15H27N3O. The highest BCUT2D eigenvalue weighted by molar-refractivity contribution is 5.77. The third kappa shape index (κ3) is 2.95. The Labute approximate surface area is 116 Å². The van der Waals surface area contributed by atoms with E-state index in [4.69, 9.17) is 5.73 Å². The van der Waals surface area contributed by atoms with Crippen LogP contribution in [0.1, 0.15) is 51.4 Å². The monoisotopic (exact) mass is 265 g/mol. The maximum atomic E-state index is 12.5. The van der Waals surface area contributed by atoms with Crippen molar-refractivity contribution in [2.45, 2.75) is 62.9 Å². The third-order valence-corrected chi connectivity index (χ3v) is 5.26. The van der Waals surface area contributed by atoms with Gasteiger partial charge in [0.1, 0.15) is 0 Å². The second-order valence-electron chi connectivity index (χ2n) is 6.77. The summed E-state index contributed by atoms with van der Waals surface area (Å²) in [6.45, 7) is 4.27. The van der Waals surface area contributed by atoms with Gasteiger partial charge in [-0.1, -0.05) is 12.8 Å². The number of nitrogens with zero attached hydrogens (tertiary/aromatic N) is 2. The van der Waals surface area contributed by atoms with Gasteiger partial charge in [0.2, 0.25) is 5.91 Å². The molecular weight excluding hydrogens is 238 g/mol. The first-order chi connectivity index (χ1) is 9.16. The molecule has 108 valence electrons. The molecule has 1 aliphatic carbocycles. The van der Waals surface area contributed by atoms with Crippen molar-refractivity contribution in [1.29, 1.82) is 0 Å². The average Bonchev–Trinajstić information content (AvgIpc) is 2.94. The molecule has 3 rings (SSSR count). The van der Waals surface area contributed by atoms with Gasteiger partial charge in [0.15, 0.2) is 0 Å². The van der Waals surface area contributed by atoms with Crippen LogP contribution in [0.5, 0.6) is 0 Å². The van der Waals surface area contributed by atoms with Gasteiger partial charge < -0.3 is 10.6 Å². The quantitative estimate of drug-likeness (QED) is 0.820. The van der Waals surface area contributed by atoms with Gasteiger partial charge in [0.25, 0.3) is 0 Å². The Morgan fingerprint density at radius 2 is 1.84 bits per heavy atom. The van der Waals surface area contributed by atoms with Crippen molar-refractivity contribution in [2.24, 2.45) is 5.73 Å². The molecule has 2 heterocycles. The van der Waals surface area contributed by atoms with Crippen LogP contribution in [0.4, 0.5) is 0 Å². The fraction of sp³-hybridized carbons (Fsp3) is 0.933. The minimum Gasteiger partial charge on any atom is -0.341 e. The normalized spacial score (nSPS) is 31.2. The lowest BCUT2D eigenvalue weighted by Gasteiger charge is -2.29. The first-order valence-corrected chi connectivity index (χ1v) is 7.97. The summed E-state index contributed by atoms with van der Waals surface area (Å²) >= 11 is 0. The molecule has 0 bridgehead atoms. The van der Waals surface area contributed by atoms with Crippen LogP contribution in [-0.2, 0) is 4.79 Å². The van der Waals surface area contributed by atoms with Gasteiger partial charge in [-0.15, -0.1) is 0 Å². The molecule has 2 N–H and O–H groups in total. The summed E-state index contributed by atoms with van der Waals surface area (Å²) in [6, 6.07) is 0.615. The van der Waals surface area contributed by atoms with Crippen LogP contribution in [0.15, 0.2) is 0 Å². The van der Waals surface area contributed by atoms with E-state index in [1.165, 1.54) is 38.8 Å². The second-order valence-corrected chi connectivity index (χ2v) is 6.77. The Balaban J connectivity index is 1.59. The lowest BCUT2D eigenvalue weighted by molar-refractivity contribution is -0.132. The number of rotatable bonds is 2. The minimum absolute atomic E-state index is 0.196. The number of fused-ring (bicyclic) bond motifs is 1. The Hall–Kier alpha value is -0.610. The molecule has 2 saturated heterocycles. The van der Waals surface area contributed by atoms with Crippen LogP contribution in [0, 0.1) is 0 Å². The van der Waals surface area contributed by atoms with Crippen LogP contribution < -0.4 is 5.73 Å². The average molecular weight is 265 g/mol. The van der Waals surface area contributed by atoms with E-state index in [-0.39, 0.29) is 5.54 Å². The number of carbonyl (C=O) groups excluding carboxylic acids is 1. The third-order valence-electron chi connectivity index (χ3n) is 5.26. The lowest BCUT2D eigenvalue weighted by Crippen LogP contribution is -2.46. The highest BCUT2D eigenvalue weighted by atomic mass is 16.2. The van der Waals surface area contributed by atoms with Crippen LogP contribution in [0.3, 0.4) is 0 Å². The number of hydrogen-bond acceptors (Lipinski definition) is 3. The molecule has 1 unspecified atom stereocenters. The zero-order valence-corrected chi connectivity index (χ0v) is 11.9. The largest absolute Gasteiger partial charge is 0.341 e. The fourth-order valence-corrected chi connectivity index (χ4v) is 4.10. The summed E-state index contributed by atoms with van der Waals surface area (Å²) in [6.07, 6.45) is 8.70. The summed E-state index contributed by atoms with van der Waals surface area (Å²) in [5, 5.41) is 0. The molecule has 0 aromatic carbocycles. The smallest absolute Gasteiger partial charge is 0.224 e. The van der Waals surface area contributed by atoms with Gasteiger partial charge in [0.05, 0.1) is 0 Å². The molecule has 1 amide bonds. The molecule has 3 fully saturated rings. The molecule has 0 radical (unpaired) electrons. The maximum Gasteiger partial charge on any atom is 0.224 e. The van der Waals surface area contributed by atoms with Crippen molar-refractivity contribution >= 4 is 5.91 Å². The lowest BCUT2D eigenvalue weighted by atomic mass is 9.94. The van der Waals surface area contributed by atoms with Gasteiger partial charge in [-0.05, 0) is 38.6 Å². The van der Waals surface area contributed by atoms with E-state index in [2.05, 4.69) is 9.80 Å². The Morgan fingerprint density at radius 1 is 1.11 bits per heavy atom. The summed E-state index contributed by atoms with van der Waals surface area (Å²) < 4.78 is 0. The summed E-state index contributed by atoms with van der Waals surface area (Å²) in [5.41, 5.74) is 6.16. The van der Waals surface area contributed by atoms with Crippen molar-refractivity contribution in [3.05, 3.63) is 0 Å². The Bertz CT molecular complexity index is 338. The number of nitrogens with two attached hydrogens (primary N) is 1. The number of amides is 1. The van der Waals surface area contributed by atoms with Crippen LogP contribution in [-0.4, -0.2) is 53.5 Å². The van der Waals surface area contributed by atoms with Gasteiger partial charge in [-0.2, -0.15) is 0 Å². The van der Waals surface area contributed by atoms with Gasteiger partial charge in [0, 0.05) is 37.6 Å². The van der Waals surface area contributed by atoms with Crippen molar-refractivity contribution < 1.29 is 4.79 Å². The topological polar surface area (TPSA) is 49.6 Å². The summed E-state index contributed by atoms with van der Waals surface area (Å²) in [7, 11) is 0. The molecule has 2 aliphatic heterocycles. The van der Waals surface area contributed by atoms with Crippen LogP contribution >= 0.6 is 0 Å². The fourth-order valence-electron chi connectivity index (χ4n) is 4.10. The highest BCUT2D eigenvalue weighted by Gasteiger charge is 2.35. The molecule has 19 heavy (non-hydrogen) atoms. The molecule has 1 saturated carbocycles. The second kappa shape index (κ2) is 5.41. The van der Waals surface area contributed by atoms with E-state index in [1.54, 1.807) is 0 Å². The van der Waals surface area contributed by atoms with Crippen molar-refractivity contribution in [3.63, 3.8) is 0 Å². The van der Waals surface area contributed by atoms with E-state index < -0.39 is 0 Å². The highest BCUT2D eigenvalue weighted by Crippen LogP contribution is 2.31. The zero-order valence-electron chi connectivity index (χ0n) is 11.9. The van der Waals surface area contributed by atoms with Crippen molar-refractivity contribution in [2.75, 3.05) is 26.2 Å². The standard InChI is InChI=1S/C15H27N3O/c16-15(6-1-2-7-15)11-14(19)18-10-4-9-17-8-3-5-13(17)12-18/h13H,1-12,16H2. The first-order valence-electron chi connectivity index (χ1n) is 7.97. The SMILES string of the molecule is NC1(CC(=O)N2CCCN3CCCC3C2)CCCC1. The molecule has 0 aromatic heterocycles. The number of hydrogen-bond donors (Lipinski definition) is 1. The van der Waals surface area contributed by atoms with Gasteiger partial charge in [-0.3, -0.25) is 9.69 Å². The minimum atomic E-state index is -0.196. The molecule has 4 nitrogen and oxygen atoms in total. The predicted molar refractivity (Wildman–Crippen MR) is 75.8 cm³/mol. The molecule has 1 atom stereocenters. The van der Waals surface area contributed by atoms with E-state index in [0.717, 1.165) is 32.4 Å². The molecule has 0 spiro atoms. The summed E-state index contributed by atoms with van der Waals surface area (Å²) in [4.78, 5) is 17.2. The first kappa shape index (κ1) is 13.4. The molecule has 0 aromatic rings. The van der Waals surface area contributed by atoms with E-state index >= 15 is 0 Å². The van der Waals surface area contributed by atoms with E-state index in [1.807, 2.05) is 0 Å². The molecule has 4 heteroatoms. The Kier molecular flexibility index (Phi) is 3.81. The van der Waals surface area contributed by atoms with Crippen LogP contribution in [0.2, 0.25) is 0 Å². The molecule has 3 aliphatic rings.